The molecule has 1 N–H and O–H groups in total. The van der Waals surface area contributed by atoms with Crippen molar-refractivity contribution in [1.29, 1.82) is 0 Å². The van der Waals surface area contributed by atoms with Gasteiger partial charge < -0.3 is 4.74 Å². The van der Waals surface area contributed by atoms with Gasteiger partial charge in [-0.1, -0.05) is 30.3 Å². The zero-order valence-electron chi connectivity index (χ0n) is 16.6. The average molecular weight is 458 g/mol. The predicted molar refractivity (Wildman–Crippen MR) is 118 cm³/mol. The fourth-order valence-electron chi connectivity index (χ4n) is 3.11. The van der Waals surface area contributed by atoms with Crippen LogP contribution in [0.4, 0.5) is 0 Å². The molecule has 0 bridgehead atoms. The molecular formula is C21H19N3O5S2. The molecule has 0 unspecified atom stereocenters. The summed E-state index contributed by atoms with van der Waals surface area (Å²) in [7, 11) is -3.75. The Hall–Kier alpha value is -3.08. The first-order valence-corrected chi connectivity index (χ1v) is 11.8. The van der Waals surface area contributed by atoms with Gasteiger partial charge in [-0.15, -0.1) is 11.3 Å². The summed E-state index contributed by atoms with van der Waals surface area (Å²) in [5.41, 5.74) is 0.898. The number of nitrogens with one attached hydrogen (secondary N) is 1. The van der Waals surface area contributed by atoms with Crippen molar-refractivity contribution in [3.05, 3.63) is 75.7 Å². The number of ether oxygens (including phenoxy) is 1. The minimum Gasteiger partial charge on any atom is -0.459 e. The van der Waals surface area contributed by atoms with E-state index in [-0.39, 0.29) is 30.0 Å². The molecule has 8 nitrogen and oxygen atoms in total. The Bertz CT molecular complexity index is 1440. The van der Waals surface area contributed by atoms with Gasteiger partial charge in [0.15, 0.2) is 4.96 Å². The number of hydrogen-bond acceptors (Lipinski definition) is 7. The SMILES string of the molecule is Cc1csc2nc(COC(=O)CCNS(=O)(=O)c3ccc4ccccc4c3)cc(=O)n12. The first-order valence-electron chi connectivity index (χ1n) is 9.44. The molecule has 0 saturated heterocycles. The smallest absolute Gasteiger partial charge is 0.307 e. The first-order chi connectivity index (χ1) is 14.8. The summed E-state index contributed by atoms with van der Waals surface area (Å²) in [6.45, 7) is 1.55. The van der Waals surface area contributed by atoms with Crippen molar-refractivity contribution < 1.29 is 17.9 Å². The minimum atomic E-state index is -3.75. The molecule has 0 aliphatic rings. The van der Waals surface area contributed by atoms with Gasteiger partial charge in [0.2, 0.25) is 10.0 Å². The van der Waals surface area contributed by atoms with E-state index in [1.165, 1.54) is 27.9 Å². The Morgan fingerprint density at radius 2 is 1.94 bits per heavy atom. The van der Waals surface area contributed by atoms with Gasteiger partial charge in [-0.3, -0.25) is 14.0 Å². The summed E-state index contributed by atoms with van der Waals surface area (Å²) < 4.78 is 34.0. The molecule has 2 aromatic carbocycles. The van der Waals surface area contributed by atoms with Crippen LogP contribution in [-0.4, -0.2) is 30.3 Å². The lowest BCUT2D eigenvalue weighted by Gasteiger charge is -2.08. The van der Waals surface area contributed by atoms with Crippen molar-refractivity contribution in [2.24, 2.45) is 0 Å². The van der Waals surface area contributed by atoms with E-state index in [2.05, 4.69) is 9.71 Å². The number of hydrogen-bond donors (Lipinski definition) is 1. The molecule has 31 heavy (non-hydrogen) atoms. The van der Waals surface area contributed by atoms with E-state index in [0.29, 0.717) is 10.7 Å². The molecule has 0 fully saturated rings. The van der Waals surface area contributed by atoms with E-state index in [0.717, 1.165) is 16.5 Å². The predicted octanol–water partition coefficient (Wildman–Crippen LogP) is 2.63. The molecule has 0 atom stereocenters. The second-order valence-electron chi connectivity index (χ2n) is 6.90. The maximum absolute atomic E-state index is 12.5. The zero-order valence-corrected chi connectivity index (χ0v) is 18.2. The van der Waals surface area contributed by atoms with Crippen LogP contribution >= 0.6 is 11.3 Å². The van der Waals surface area contributed by atoms with E-state index >= 15 is 0 Å². The number of thiazole rings is 1. The molecule has 4 rings (SSSR count). The van der Waals surface area contributed by atoms with Gasteiger partial charge >= 0.3 is 5.97 Å². The highest BCUT2D eigenvalue weighted by atomic mass is 32.2. The number of fused-ring (bicyclic) bond motifs is 2. The maximum atomic E-state index is 12.5. The summed E-state index contributed by atoms with van der Waals surface area (Å²) in [6.07, 6.45) is -0.147. The molecule has 10 heteroatoms. The number of carbonyl (C=O) groups is 1. The summed E-state index contributed by atoms with van der Waals surface area (Å²) in [5.74, 6) is -0.592. The van der Waals surface area contributed by atoms with Crippen LogP contribution < -0.4 is 10.3 Å². The number of rotatable bonds is 7. The quantitative estimate of drug-likeness (QED) is 0.428. The van der Waals surface area contributed by atoms with Gasteiger partial charge in [0.1, 0.15) is 6.61 Å². The van der Waals surface area contributed by atoms with E-state index in [1.54, 1.807) is 12.1 Å². The highest BCUT2D eigenvalue weighted by molar-refractivity contribution is 7.89. The molecule has 0 aliphatic carbocycles. The third-order valence-corrected chi connectivity index (χ3v) is 7.06. The standard InChI is InChI=1S/C21H19N3O5S2/c1-14-13-30-21-23-17(11-19(25)24(14)21)12-29-20(26)8-9-22-31(27,28)18-7-6-15-4-2-3-5-16(15)10-18/h2-7,10-11,13,22H,8-9,12H2,1H3. The molecule has 2 aromatic heterocycles. The number of aryl methyl sites for hydroxylation is 1. The van der Waals surface area contributed by atoms with Crippen molar-refractivity contribution >= 4 is 43.1 Å². The molecule has 2 heterocycles. The first kappa shape index (κ1) is 21.2. The number of sulfonamides is 1. The maximum Gasteiger partial charge on any atom is 0.307 e. The highest BCUT2D eigenvalue weighted by Gasteiger charge is 2.15. The van der Waals surface area contributed by atoms with Crippen molar-refractivity contribution in [2.45, 2.75) is 24.8 Å². The molecule has 0 radical (unpaired) electrons. The van der Waals surface area contributed by atoms with E-state index in [9.17, 15) is 18.0 Å². The van der Waals surface area contributed by atoms with Crippen LogP contribution in [0.15, 0.2) is 63.6 Å². The summed E-state index contributed by atoms with van der Waals surface area (Å²) in [6, 6.07) is 13.6. The number of nitrogens with zero attached hydrogens (tertiary/aromatic N) is 2. The fraction of sp³-hybridized carbons (Fsp3) is 0.190. The van der Waals surface area contributed by atoms with Crippen molar-refractivity contribution in [3.8, 4) is 0 Å². The lowest BCUT2D eigenvalue weighted by Crippen LogP contribution is -2.26. The van der Waals surface area contributed by atoms with Gasteiger partial charge in [0, 0.05) is 23.7 Å². The van der Waals surface area contributed by atoms with Crippen LogP contribution in [-0.2, 0) is 26.2 Å². The normalized spacial score (nSPS) is 11.8. The third kappa shape index (κ3) is 4.66. The zero-order chi connectivity index (χ0) is 22.0. The van der Waals surface area contributed by atoms with Gasteiger partial charge in [-0.2, -0.15) is 0 Å². The molecule has 0 spiro atoms. The van der Waals surface area contributed by atoms with Crippen molar-refractivity contribution in [1.82, 2.24) is 14.1 Å². The van der Waals surface area contributed by atoms with E-state index in [1.807, 2.05) is 36.6 Å². The number of esters is 1. The lowest BCUT2D eigenvalue weighted by molar-refractivity contribution is -0.144. The van der Waals surface area contributed by atoms with Gasteiger partial charge in [-0.05, 0) is 29.8 Å². The average Bonchev–Trinajstić information content (AvgIpc) is 3.13. The number of aromatic nitrogens is 2. The largest absolute Gasteiger partial charge is 0.459 e. The summed E-state index contributed by atoms with van der Waals surface area (Å²) >= 11 is 1.33. The highest BCUT2D eigenvalue weighted by Crippen LogP contribution is 2.18. The van der Waals surface area contributed by atoms with Crippen LogP contribution in [0.2, 0.25) is 0 Å². The van der Waals surface area contributed by atoms with Gasteiger partial charge in [0.05, 0.1) is 17.0 Å². The Morgan fingerprint density at radius 3 is 2.74 bits per heavy atom. The second kappa shape index (κ2) is 8.58. The third-order valence-electron chi connectivity index (χ3n) is 4.66. The fourth-order valence-corrected chi connectivity index (χ4v) is 5.06. The topological polar surface area (TPSA) is 107 Å². The van der Waals surface area contributed by atoms with Crippen LogP contribution in [0.3, 0.4) is 0 Å². The van der Waals surface area contributed by atoms with Crippen molar-refractivity contribution in [2.75, 3.05) is 6.54 Å². The van der Waals surface area contributed by atoms with Crippen LogP contribution in [0.25, 0.3) is 15.7 Å². The molecular weight excluding hydrogens is 438 g/mol. The van der Waals surface area contributed by atoms with Gasteiger partial charge in [-0.25, -0.2) is 18.1 Å². The number of benzene rings is 2. The van der Waals surface area contributed by atoms with Gasteiger partial charge in [0.25, 0.3) is 5.56 Å². The Morgan fingerprint density at radius 1 is 1.16 bits per heavy atom. The van der Waals surface area contributed by atoms with E-state index < -0.39 is 16.0 Å². The Kier molecular flexibility index (Phi) is 5.86. The van der Waals surface area contributed by atoms with Crippen LogP contribution in [0.1, 0.15) is 17.8 Å². The molecule has 0 aliphatic heterocycles. The summed E-state index contributed by atoms with van der Waals surface area (Å²) in [4.78, 5) is 29.1. The summed E-state index contributed by atoms with van der Waals surface area (Å²) in [5, 5.41) is 3.57. The van der Waals surface area contributed by atoms with Crippen molar-refractivity contribution in [3.63, 3.8) is 0 Å². The van der Waals surface area contributed by atoms with Crippen LogP contribution in [0, 0.1) is 6.92 Å². The number of carbonyl (C=O) groups excluding carboxylic acids is 1. The Labute approximate surface area is 182 Å². The second-order valence-corrected chi connectivity index (χ2v) is 9.50. The molecule has 4 aromatic rings. The molecule has 160 valence electrons. The molecule has 0 amide bonds. The minimum absolute atomic E-state index is 0.104. The monoisotopic (exact) mass is 457 g/mol. The lowest BCUT2D eigenvalue weighted by atomic mass is 10.1. The van der Waals surface area contributed by atoms with Crippen LogP contribution in [0.5, 0.6) is 0 Å². The van der Waals surface area contributed by atoms with E-state index in [4.69, 9.17) is 4.74 Å². The Balaban J connectivity index is 1.33. The molecule has 0 saturated carbocycles.